The minimum atomic E-state index is -3.88. The lowest BCUT2D eigenvalue weighted by Crippen LogP contribution is -2.32. The number of aldehydes is 1. The molecule has 8 heteroatoms. The second-order valence-electron chi connectivity index (χ2n) is 8.52. The van der Waals surface area contributed by atoms with Crippen molar-refractivity contribution >= 4 is 21.8 Å². The van der Waals surface area contributed by atoms with Crippen LogP contribution < -0.4 is 4.74 Å². The molecule has 0 aliphatic carbocycles. The van der Waals surface area contributed by atoms with Crippen LogP contribution in [-0.2, 0) is 21.1 Å². The molecular weight excluding hydrogens is 442 g/mol. The van der Waals surface area contributed by atoms with Crippen molar-refractivity contribution in [3.05, 3.63) is 63.7 Å². The number of hydrogen-bond donors (Lipinski definition) is 0. The zero-order chi connectivity index (χ0) is 24.5. The number of non-ortho nitro benzene ring substituents is 1. The monoisotopic (exact) mass is 475 g/mol. The fourth-order valence-electron chi connectivity index (χ4n) is 4.06. The van der Waals surface area contributed by atoms with Gasteiger partial charge in [-0.05, 0) is 48.6 Å². The molecule has 0 radical (unpaired) electrons. The average molecular weight is 476 g/mol. The van der Waals surface area contributed by atoms with E-state index in [4.69, 9.17) is 4.74 Å². The number of unbranched alkanes of at least 4 members (excludes halogenated alkanes) is 2. The van der Waals surface area contributed by atoms with E-state index < -0.39 is 20.2 Å². The molecule has 0 heterocycles. The zero-order valence-corrected chi connectivity index (χ0v) is 20.4. The molecule has 0 fully saturated rings. The van der Waals surface area contributed by atoms with E-state index in [9.17, 15) is 23.3 Å². The molecule has 2 rings (SSSR count). The lowest BCUT2D eigenvalue weighted by molar-refractivity contribution is -0.385. The third-order valence-corrected chi connectivity index (χ3v) is 7.93. The summed E-state index contributed by atoms with van der Waals surface area (Å²) in [5.41, 5.74) is -0.0292. The molecular formula is C25H33NO6S. The third kappa shape index (κ3) is 7.12. The Balaban J connectivity index is 2.52. The smallest absolute Gasteiger partial charge is 0.269 e. The molecule has 0 aliphatic rings. The quantitative estimate of drug-likeness (QED) is 0.202. The first-order valence-electron chi connectivity index (χ1n) is 11.3. The number of ether oxygens (including phenoxy) is 1. The van der Waals surface area contributed by atoms with Gasteiger partial charge in [0.2, 0.25) is 0 Å². The maximum atomic E-state index is 13.6. The second kappa shape index (κ2) is 11.9. The van der Waals surface area contributed by atoms with Gasteiger partial charge in [0.25, 0.3) is 5.69 Å². The molecule has 0 N–H and O–H groups in total. The summed E-state index contributed by atoms with van der Waals surface area (Å²) >= 11 is 0. The molecule has 2 aromatic rings. The highest BCUT2D eigenvalue weighted by molar-refractivity contribution is 7.91. The van der Waals surface area contributed by atoms with Crippen LogP contribution in [0.25, 0.3) is 0 Å². The van der Waals surface area contributed by atoms with Crippen molar-refractivity contribution < 1.29 is 22.9 Å². The van der Waals surface area contributed by atoms with Gasteiger partial charge in [-0.25, -0.2) is 8.42 Å². The van der Waals surface area contributed by atoms with Crippen LogP contribution in [0.3, 0.4) is 0 Å². The topological polar surface area (TPSA) is 104 Å². The van der Waals surface area contributed by atoms with E-state index in [2.05, 4.69) is 0 Å². The van der Waals surface area contributed by atoms with Gasteiger partial charge in [-0.15, -0.1) is 0 Å². The predicted octanol–water partition coefficient (Wildman–Crippen LogP) is 5.53. The molecule has 0 unspecified atom stereocenters. The van der Waals surface area contributed by atoms with Crippen molar-refractivity contribution in [2.45, 2.75) is 63.7 Å². The summed E-state index contributed by atoms with van der Waals surface area (Å²) in [4.78, 5) is 23.0. The fraction of sp³-hybridized carbons (Fsp3) is 0.480. The molecule has 0 amide bonds. The van der Waals surface area contributed by atoms with Crippen LogP contribution in [0.15, 0.2) is 47.4 Å². The van der Waals surface area contributed by atoms with Crippen molar-refractivity contribution in [2.24, 2.45) is 5.41 Å². The molecule has 0 saturated heterocycles. The van der Waals surface area contributed by atoms with Crippen molar-refractivity contribution in [3.63, 3.8) is 0 Å². The molecule has 2 aromatic carbocycles. The van der Waals surface area contributed by atoms with Gasteiger partial charge >= 0.3 is 0 Å². The van der Waals surface area contributed by atoms with E-state index in [1.165, 1.54) is 25.3 Å². The van der Waals surface area contributed by atoms with Crippen molar-refractivity contribution in [2.75, 3.05) is 12.9 Å². The normalized spacial score (nSPS) is 11.8. The maximum absolute atomic E-state index is 13.6. The number of rotatable bonds is 14. The number of benzene rings is 2. The van der Waals surface area contributed by atoms with Gasteiger partial charge in [0.05, 0.1) is 22.7 Å². The van der Waals surface area contributed by atoms with E-state index >= 15 is 0 Å². The Hall–Kier alpha value is -2.74. The molecule has 0 aliphatic heterocycles. The highest BCUT2D eigenvalue weighted by Gasteiger charge is 2.36. The van der Waals surface area contributed by atoms with Crippen LogP contribution in [0.5, 0.6) is 5.75 Å². The Morgan fingerprint density at radius 3 is 2.27 bits per heavy atom. The van der Waals surface area contributed by atoms with E-state index in [1.54, 1.807) is 18.2 Å². The van der Waals surface area contributed by atoms with E-state index in [-0.39, 0.29) is 22.8 Å². The van der Waals surface area contributed by atoms with Gasteiger partial charge in [-0.2, -0.15) is 0 Å². The second-order valence-corrected chi connectivity index (χ2v) is 10.5. The summed E-state index contributed by atoms with van der Waals surface area (Å²) < 4.78 is 32.4. The molecule has 0 aromatic heterocycles. The first-order chi connectivity index (χ1) is 15.7. The standard InChI is InChI=1S/C25H33NO6S/c1-4-6-13-25(18-27,14-7-5-2)19-33(30,31)24-12-11-22(26(28)29)17-21(24)15-20-9-8-10-23(16-20)32-3/h8-12,16-18H,4-7,13-15,19H2,1-3H3. The van der Waals surface area contributed by atoms with Gasteiger partial charge < -0.3 is 9.53 Å². The number of nitro groups is 1. The number of sulfone groups is 1. The average Bonchev–Trinajstić information content (AvgIpc) is 2.80. The number of carbonyl (C=O) groups excluding carboxylic acids is 1. The van der Waals surface area contributed by atoms with E-state index in [0.29, 0.717) is 24.2 Å². The minimum absolute atomic E-state index is 0.0372. The van der Waals surface area contributed by atoms with Gasteiger partial charge in [0, 0.05) is 17.5 Å². The van der Waals surface area contributed by atoms with Gasteiger partial charge in [0.15, 0.2) is 9.84 Å². The lowest BCUT2D eigenvalue weighted by atomic mass is 9.81. The number of nitrogens with zero attached hydrogens (tertiary/aromatic N) is 1. The number of nitro benzene ring substituents is 1. The summed E-state index contributed by atoms with van der Waals surface area (Å²) in [6.07, 6.45) is 5.24. The molecule has 0 saturated carbocycles. The van der Waals surface area contributed by atoms with Gasteiger partial charge in [0.1, 0.15) is 12.0 Å². The molecule has 0 spiro atoms. The molecule has 0 atom stereocenters. The molecule has 33 heavy (non-hydrogen) atoms. The first kappa shape index (κ1) is 26.5. The van der Waals surface area contributed by atoms with Crippen molar-refractivity contribution in [1.82, 2.24) is 0 Å². The van der Waals surface area contributed by atoms with Crippen LogP contribution in [0.2, 0.25) is 0 Å². The molecule has 180 valence electrons. The Kier molecular flexibility index (Phi) is 9.58. The van der Waals surface area contributed by atoms with Gasteiger partial charge in [-0.3, -0.25) is 10.1 Å². The van der Waals surface area contributed by atoms with Crippen LogP contribution in [0.4, 0.5) is 5.69 Å². The van der Waals surface area contributed by atoms with Gasteiger partial charge in [-0.1, -0.05) is 51.7 Å². The Morgan fingerprint density at radius 1 is 1.06 bits per heavy atom. The number of hydrogen-bond acceptors (Lipinski definition) is 6. The lowest BCUT2D eigenvalue weighted by Gasteiger charge is -2.28. The minimum Gasteiger partial charge on any atom is -0.497 e. The first-order valence-corrected chi connectivity index (χ1v) is 12.9. The SMILES string of the molecule is CCCCC(C=O)(CCCC)CS(=O)(=O)c1ccc([N+](=O)[O-])cc1Cc1cccc(OC)c1. The Bertz CT molecular complexity index is 1060. The van der Waals surface area contributed by atoms with Crippen LogP contribution >= 0.6 is 0 Å². The van der Waals surface area contributed by atoms with E-state index in [1.807, 2.05) is 19.9 Å². The summed E-state index contributed by atoms with van der Waals surface area (Å²) in [6.45, 7) is 4.01. The predicted molar refractivity (Wildman–Crippen MR) is 128 cm³/mol. The van der Waals surface area contributed by atoms with Crippen LogP contribution in [0, 0.1) is 15.5 Å². The summed E-state index contributed by atoms with van der Waals surface area (Å²) in [5, 5.41) is 11.4. The number of carbonyl (C=O) groups is 1. The van der Waals surface area contributed by atoms with Crippen LogP contribution in [-0.4, -0.2) is 32.5 Å². The largest absolute Gasteiger partial charge is 0.497 e. The van der Waals surface area contributed by atoms with Crippen molar-refractivity contribution in [3.8, 4) is 5.75 Å². The van der Waals surface area contributed by atoms with Crippen LogP contribution in [0.1, 0.15) is 63.5 Å². The summed E-state index contributed by atoms with van der Waals surface area (Å²) in [7, 11) is -2.35. The highest BCUT2D eigenvalue weighted by Crippen LogP contribution is 2.35. The Morgan fingerprint density at radius 2 is 1.73 bits per heavy atom. The maximum Gasteiger partial charge on any atom is 0.269 e. The molecule has 0 bridgehead atoms. The molecule has 7 nitrogen and oxygen atoms in total. The Labute approximate surface area is 196 Å². The highest BCUT2D eigenvalue weighted by atomic mass is 32.2. The zero-order valence-electron chi connectivity index (χ0n) is 19.6. The summed E-state index contributed by atoms with van der Waals surface area (Å²) in [6, 6.07) is 11.0. The van der Waals surface area contributed by atoms with Crippen molar-refractivity contribution in [1.29, 1.82) is 0 Å². The van der Waals surface area contributed by atoms with E-state index in [0.717, 1.165) is 37.5 Å². The third-order valence-electron chi connectivity index (χ3n) is 5.90. The summed E-state index contributed by atoms with van der Waals surface area (Å²) in [5.74, 6) is 0.313. The number of methoxy groups -OCH3 is 1. The fourth-order valence-corrected chi connectivity index (χ4v) is 6.13.